The van der Waals surface area contributed by atoms with E-state index in [2.05, 4.69) is 16.0 Å². The number of halogens is 1. The summed E-state index contributed by atoms with van der Waals surface area (Å²) in [4.78, 5) is 7.48. The third-order valence-electron chi connectivity index (χ3n) is 3.00. The van der Waals surface area contributed by atoms with Gasteiger partial charge in [0, 0.05) is 31.2 Å². The van der Waals surface area contributed by atoms with Crippen LogP contribution in [0.15, 0.2) is 18.3 Å². The molecule has 0 spiro atoms. The Labute approximate surface area is 107 Å². The predicted molar refractivity (Wildman–Crippen MR) is 71.1 cm³/mol. The SMILES string of the molecule is CN1CC(CCCl)Cc2ncccc2C1=S. The van der Waals surface area contributed by atoms with Gasteiger partial charge in [-0.1, -0.05) is 12.2 Å². The minimum absolute atomic E-state index is 0.552. The molecule has 0 saturated heterocycles. The Morgan fingerprint density at radius 2 is 2.44 bits per heavy atom. The van der Waals surface area contributed by atoms with Gasteiger partial charge in [-0.2, -0.15) is 0 Å². The van der Waals surface area contributed by atoms with Crippen molar-refractivity contribution in [3.8, 4) is 0 Å². The van der Waals surface area contributed by atoms with Gasteiger partial charge in [-0.15, -0.1) is 11.6 Å². The number of hydrogen-bond acceptors (Lipinski definition) is 2. The summed E-state index contributed by atoms with van der Waals surface area (Å²) in [5, 5.41) is 0. The third-order valence-corrected chi connectivity index (χ3v) is 3.75. The summed E-state index contributed by atoms with van der Waals surface area (Å²) in [7, 11) is 2.05. The van der Waals surface area contributed by atoms with E-state index in [1.54, 1.807) is 0 Å². The van der Waals surface area contributed by atoms with E-state index < -0.39 is 0 Å². The third kappa shape index (κ3) is 2.36. The van der Waals surface area contributed by atoms with Crippen molar-refractivity contribution in [1.29, 1.82) is 0 Å². The van der Waals surface area contributed by atoms with Gasteiger partial charge in [0.2, 0.25) is 0 Å². The van der Waals surface area contributed by atoms with Crippen molar-refractivity contribution < 1.29 is 0 Å². The molecule has 0 fully saturated rings. The van der Waals surface area contributed by atoms with Crippen LogP contribution < -0.4 is 0 Å². The number of alkyl halides is 1. The summed E-state index contributed by atoms with van der Waals surface area (Å²) in [6, 6.07) is 4.01. The van der Waals surface area contributed by atoms with Crippen LogP contribution in [0, 0.1) is 5.92 Å². The van der Waals surface area contributed by atoms with Crippen LogP contribution >= 0.6 is 23.8 Å². The number of pyridine rings is 1. The van der Waals surface area contributed by atoms with Crippen LogP contribution in [0.25, 0.3) is 0 Å². The van der Waals surface area contributed by atoms with Gasteiger partial charge in [-0.25, -0.2) is 0 Å². The fourth-order valence-corrected chi connectivity index (χ4v) is 2.73. The second-order valence-corrected chi connectivity index (χ2v) is 5.00. The van der Waals surface area contributed by atoms with Gasteiger partial charge in [0.25, 0.3) is 0 Å². The van der Waals surface area contributed by atoms with E-state index in [4.69, 9.17) is 23.8 Å². The maximum Gasteiger partial charge on any atom is 0.110 e. The maximum atomic E-state index is 5.83. The molecule has 1 unspecified atom stereocenters. The summed E-state index contributed by atoms with van der Waals surface area (Å²) in [5.74, 6) is 1.25. The van der Waals surface area contributed by atoms with Gasteiger partial charge in [0.15, 0.2) is 0 Å². The van der Waals surface area contributed by atoms with Crippen molar-refractivity contribution >= 4 is 28.8 Å². The Morgan fingerprint density at radius 1 is 1.62 bits per heavy atom. The number of rotatable bonds is 2. The lowest BCUT2D eigenvalue weighted by molar-refractivity contribution is 0.383. The Bertz CT molecular complexity index is 394. The second kappa shape index (κ2) is 5.11. The molecule has 1 atom stereocenters. The number of fused-ring (bicyclic) bond motifs is 1. The van der Waals surface area contributed by atoms with Crippen molar-refractivity contribution in [3.05, 3.63) is 29.6 Å². The van der Waals surface area contributed by atoms with Gasteiger partial charge in [-0.3, -0.25) is 4.98 Å². The summed E-state index contributed by atoms with van der Waals surface area (Å²) < 4.78 is 0. The lowest BCUT2D eigenvalue weighted by atomic mass is 9.99. The van der Waals surface area contributed by atoms with Crippen LogP contribution in [0.3, 0.4) is 0 Å². The number of nitrogens with zero attached hydrogens (tertiary/aromatic N) is 2. The first kappa shape index (κ1) is 11.8. The summed E-state index contributed by atoms with van der Waals surface area (Å²) >= 11 is 11.3. The standard InChI is InChI=1S/C12H15ClN2S/c1-15-8-9(4-5-13)7-11-10(12(15)16)3-2-6-14-11/h2-3,6,9H,4-5,7-8H2,1H3. The molecule has 16 heavy (non-hydrogen) atoms. The average Bonchev–Trinajstić information content (AvgIpc) is 2.39. The minimum atomic E-state index is 0.552. The lowest BCUT2D eigenvalue weighted by Crippen LogP contribution is -2.29. The van der Waals surface area contributed by atoms with E-state index >= 15 is 0 Å². The molecule has 1 aliphatic rings. The first-order valence-electron chi connectivity index (χ1n) is 5.47. The summed E-state index contributed by atoms with van der Waals surface area (Å²) in [5.41, 5.74) is 2.23. The zero-order valence-corrected chi connectivity index (χ0v) is 10.9. The highest BCUT2D eigenvalue weighted by Crippen LogP contribution is 2.22. The monoisotopic (exact) mass is 254 g/mol. The molecule has 4 heteroatoms. The highest BCUT2D eigenvalue weighted by atomic mass is 35.5. The van der Waals surface area contributed by atoms with Crippen LogP contribution in [0.5, 0.6) is 0 Å². The fourth-order valence-electron chi connectivity index (χ4n) is 2.16. The maximum absolute atomic E-state index is 5.83. The van der Waals surface area contributed by atoms with Gasteiger partial charge in [0.1, 0.15) is 4.99 Å². The molecule has 2 nitrogen and oxygen atoms in total. The Balaban J connectivity index is 2.32. The second-order valence-electron chi connectivity index (χ2n) is 4.23. The molecule has 0 radical (unpaired) electrons. The lowest BCUT2D eigenvalue weighted by Gasteiger charge is -2.21. The fraction of sp³-hybridized carbons (Fsp3) is 0.500. The highest BCUT2D eigenvalue weighted by molar-refractivity contribution is 7.80. The van der Waals surface area contributed by atoms with Crippen LogP contribution in [-0.4, -0.2) is 34.3 Å². The molecule has 0 N–H and O–H groups in total. The van der Waals surface area contributed by atoms with Crippen molar-refractivity contribution in [1.82, 2.24) is 9.88 Å². The van der Waals surface area contributed by atoms with Crippen LogP contribution in [-0.2, 0) is 6.42 Å². The Hall–Kier alpha value is -0.670. The van der Waals surface area contributed by atoms with E-state index in [-0.39, 0.29) is 0 Å². The average molecular weight is 255 g/mol. The van der Waals surface area contributed by atoms with Crippen LogP contribution in [0.1, 0.15) is 17.7 Å². The molecule has 0 amide bonds. The van der Waals surface area contributed by atoms with Crippen molar-refractivity contribution in [3.63, 3.8) is 0 Å². The van der Waals surface area contributed by atoms with Crippen molar-refractivity contribution in [2.45, 2.75) is 12.8 Å². The van der Waals surface area contributed by atoms with Crippen LogP contribution in [0.4, 0.5) is 0 Å². The zero-order chi connectivity index (χ0) is 11.5. The van der Waals surface area contributed by atoms with E-state index in [1.165, 1.54) is 0 Å². The number of thiocarbonyl (C=S) groups is 1. The largest absolute Gasteiger partial charge is 0.365 e. The molecule has 1 aliphatic heterocycles. The molecule has 2 rings (SSSR count). The molecule has 0 aromatic carbocycles. The van der Waals surface area contributed by atoms with Crippen molar-refractivity contribution in [2.75, 3.05) is 19.5 Å². The quantitative estimate of drug-likeness (QED) is 0.596. The van der Waals surface area contributed by atoms with Crippen LogP contribution in [0.2, 0.25) is 0 Å². The molecule has 0 aliphatic carbocycles. The molecule has 86 valence electrons. The van der Waals surface area contributed by atoms with Gasteiger partial charge in [0.05, 0.1) is 5.69 Å². The Kier molecular flexibility index (Phi) is 3.77. The smallest absolute Gasteiger partial charge is 0.110 e. The van der Waals surface area contributed by atoms with E-state index in [0.717, 1.165) is 35.6 Å². The van der Waals surface area contributed by atoms with E-state index in [0.29, 0.717) is 11.8 Å². The molecule has 0 saturated carbocycles. The topological polar surface area (TPSA) is 16.1 Å². The normalized spacial score (nSPS) is 20.5. The zero-order valence-electron chi connectivity index (χ0n) is 9.32. The Morgan fingerprint density at radius 3 is 3.19 bits per heavy atom. The molecule has 1 aromatic heterocycles. The predicted octanol–water partition coefficient (Wildman–Crippen LogP) is 2.49. The summed E-state index contributed by atoms with van der Waals surface area (Å²) in [6.07, 6.45) is 3.84. The molecule has 1 aromatic rings. The first-order valence-corrected chi connectivity index (χ1v) is 6.42. The van der Waals surface area contributed by atoms with Gasteiger partial charge in [-0.05, 0) is 30.9 Å². The molecular formula is C12H15ClN2S. The van der Waals surface area contributed by atoms with Gasteiger partial charge < -0.3 is 4.90 Å². The minimum Gasteiger partial charge on any atom is -0.365 e. The van der Waals surface area contributed by atoms with E-state index in [1.807, 2.05) is 19.3 Å². The first-order chi connectivity index (χ1) is 7.72. The molecule has 2 heterocycles. The summed E-state index contributed by atoms with van der Waals surface area (Å²) in [6.45, 7) is 0.974. The molecule has 0 bridgehead atoms. The molecular weight excluding hydrogens is 240 g/mol. The number of hydrogen-bond donors (Lipinski definition) is 0. The van der Waals surface area contributed by atoms with Crippen molar-refractivity contribution in [2.24, 2.45) is 5.92 Å². The van der Waals surface area contributed by atoms with E-state index in [9.17, 15) is 0 Å². The van der Waals surface area contributed by atoms with Gasteiger partial charge >= 0.3 is 0 Å². The number of aromatic nitrogens is 1. The highest BCUT2D eigenvalue weighted by Gasteiger charge is 2.23.